The Bertz CT molecular complexity index is 1220. The van der Waals surface area contributed by atoms with Crippen molar-refractivity contribution < 1.29 is 21.9 Å². The summed E-state index contributed by atoms with van der Waals surface area (Å²) >= 11 is 0. The van der Waals surface area contributed by atoms with Crippen LogP contribution in [0.3, 0.4) is 0 Å². The van der Waals surface area contributed by atoms with Gasteiger partial charge in [-0.3, -0.25) is 4.72 Å². The zero-order chi connectivity index (χ0) is 23.0. The van der Waals surface area contributed by atoms with Gasteiger partial charge in [0.05, 0.1) is 22.7 Å². The third-order valence-electron chi connectivity index (χ3n) is 5.66. The summed E-state index contributed by atoms with van der Waals surface area (Å²) in [7, 11) is -3.43. The SMILES string of the molecule is CC(C)CS(=O)(=O)Nc1ccc(-c2c(N)c3cc(OC(F)F)ccc3n2C2CCC2)cc1. The topological polar surface area (TPSA) is 86.3 Å². The van der Waals surface area contributed by atoms with Crippen LogP contribution in [0.15, 0.2) is 42.5 Å². The number of fused-ring (bicyclic) bond motifs is 1. The van der Waals surface area contributed by atoms with Crippen LogP contribution in [-0.2, 0) is 10.0 Å². The Morgan fingerprint density at radius 1 is 1.16 bits per heavy atom. The van der Waals surface area contributed by atoms with Crippen molar-refractivity contribution in [3.63, 3.8) is 0 Å². The van der Waals surface area contributed by atoms with Gasteiger partial charge < -0.3 is 15.0 Å². The van der Waals surface area contributed by atoms with Gasteiger partial charge in [-0.15, -0.1) is 0 Å². The third-order valence-corrected chi connectivity index (χ3v) is 7.32. The van der Waals surface area contributed by atoms with Gasteiger partial charge in [0.25, 0.3) is 0 Å². The quantitative estimate of drug-likeness (QED) is 0.454. The number of anilines is 2. The van der Waals surface area contributed by atoms with E-state index in [9.17, 15) is 17.2 Å². The number of hydrogen-bond acceptors (Lipinski definition) is 4. The molecule has 3 aromatic rings. The lowest BCUT2D eigenvalue weighted by Crippen LogP contribution is -2.20. The summed E-state index contributed by atoms with van der Waals surface area (Å²) in [6, 6.07) is 12.2. The molecule has 1 aliphatic rings. The van der Waals surface area contributed by atoms with E-state index < -0.39 is 16.6 Å². The number of nitrogens with two attached hydrogens (primary N) is 1. The van der Waals surface area contributed by atoms with E-state index in [1.54, 1.807) is 24.3 Å². The molecule has 0 bridgehead atoms. The summed E-state index contributed by atoms with van der Waals surface area (Å²) in [6.07, 6.45) is 3.14. The summed E-state index contributed by atoms with van der Waals surface area (Å²) < 4.78 is 59.2. The summed E-state index contributed by atoms with van der Waals surface area (Å²) in [4.78, 5) is 0. The van der Waals surface area contributed by atoms with Crippen LogP contribution >= 0.6 is 0 Å². The highest BCUT2D eigenvalue weighted by Gasteiger charge is 2.27. The lowest BCUT2D eigenvalue weighted by atomic mass is 9.92. The molecule has 0 saturated heterocycles. The minimum atomic E-state index is -3.43. The highest BCUT2D eigenvalue weighted by molar-refractivity contribution is 7.92. The van der Waals surface area contributed by atoms with Crippen LogP contribution in [0.1, 0.15) is 39.2 Å². The zero-order valence-corrected chi connectivity index (χ0v) is 18.8. The maximum absolute atomic E-state index is 12.7. The molecule has 1 fully saturated rings. The second-order valence-electron chi connectivity index (χ2n) is 8.63. The number of alkyl halides is 2. The van der Waals surface area contributed by atoms with E-state index in [-0.39, 0.29) is 23.5 Å². The maximum atomic E-state index is 12.7. The van der Waals surface area contributed by atoms with E-state index in [0.717, 1.165) is 36.0 Å². The number of rotatable bonds is 8. The highest BCUT2D eigenvalue weighted by Crippen LogP contribution is 2.45. The molecule has 1 saturated carbocycles. The van der Waals surface area contributed by atoms with Gasteiger partial charge in [0.15, 0.2) is 0 Å². The van der Waals surface area contributed by atoms with Crippen molar-refractivity contribution in [3.8, 4) is 17.0 Å². The second-order valence-corrected chi connectivity index (χ2v) is 10.4. The molecule has 9 heteroatoms. The number of ether oxygens (including phenoxy) is 1. The van der Waals surface area contributed by atoms with E-state index in [1.807, 2.05) is 26.0 Å². The predicted octanol–water partition coefficient (Wildman–Crippen LogP) is 5.61. The van der Waals surface area contributed by atoms with Crippen molar-refractivity contribution in [2.24, 2.45) is 5.92 Å². The van der Waals surface area contributed by atoms with E-state index in [2.05, 4.69) is 14.0 Å². The lowest BCUT2D eigenvalue weighted by Gasteiger charge is -2.30. The van der Waals surface area contributed by atoms with E-state index in [0.29, 0.717) is 16.8 Å². The molecule has 0 radical (unpaired) electrons. The highest BCUT2D eigenvalue weighted by atomic mass is 32.2. The molecule has 0 amide bonds. The summed E-state index contributed by atoms with van der Waals surface area (Å²) in [5.74, 6) is 0.121. The lowest BCUT2D eigenvalue weighted by molar-refractivity contribution is -0.0497. The molecule has 1 aliphatic carbocycles. The van der Waals surface area contributed by atoms with Crippen LogP contribution in [0.2, 0.25) is 0 Å². The minimum Gasteiger partial charge on any atom is -0.435 e. The average Bonchev–Trinajstić information content (AvgIpc) is 2.91. The number of nitrogens with zero attached hydrogens (tertiary/aromatic N) is 1. The second kappa shape index (κ2) is 8.61. The van der Waals surface area contributed by atoms with Gasteiger partial charge in [0, 0.05) is 22.7 Å². The first-order valence-electron chi connectivity index (χ1n) is 10.6. The largest absolute Gasteiger partial charge is 0.435 e. The zero-order valence-electron chi connectivity index (χ0n) is 18.0. The Morgan fingerprint density at radius 3 is 2.41 bits per heavy atom. The molecule has 2 aromatic carbocycles. The molecule has 1 aromatic heterocycles. The monoisotopic (exact) mass is 463 g/mol. The molecular formula is C23H27F2N3O3S. The van der Waals surface area contributed by atoms with Crippen LogP contribution in [0.5, 0.6) is 5.75 Å². The first-order valence-corrected chi connectivity index (χ1v) is 12.3. The van der Waals surface area contributed by atoms with E-state index >= 15 is 0 Å². The minimum absolute atomic E-state index is 0.0173. The maximum Gasteiger partial charge on any atom is 0.387 e. The fourth-order valence-electron chi connectivity index (χ4n) is 4.17. The number of nitrogen functional groups attached to an aromatic ring is 1. The van der Waals surface area contributed by atoms with Gasteiger partial charge >= 0.3 is 6.61 Å². The predicted molar refractivity (Wildman–Crippen MR) is 124 cm³/mol. The van der Waals surface area contributed by atoms with Gasteiger partial charge in [0.2, 0.25) is 10.0 Å². The molecule has 4 rings (SSSR count). The molecule has 6 nitrogen and oxygen atoms in total. The summed E-state index contributed by atoms with van der Waals surface area (Å²) in [5, 5.41) is 0.659. The number of hydrogen-bond donors (Lipinski definition) is 2. The van der Waals surface area contributed by atoms with Crippen molar-refractivity contribution in [2.75, 3.05) is 16.2 Å². The molecular weight excluding hydrogens is 436 g/mol. The van der Waals surface area contributed by atoms with Crippen LogP contribution in [0.4, 0.5) is 20.2 Å². The van der Waals surface area contributed by atoms with Gasteiger partial charge in [-0.1, -0.05) is 26.0 Å². The fourth-order valence-corrected chi connectivity index (χ4v) is 5.63. The smallest absolute Gasteiger partial charge is 0.387 e. The van der Waals surface area contributed by atoms with Crippen molar-refractivity contribution >= 4 is 32.3 Å². The Hall–Kier alpha value is -2.81. The first kappa shape index (κ1) is 22.4. The Labute approximate surface area is 186 Å². The van der Waals surface area contributed by atoms with Crippen LogP contribution in [-0.4, -0.2) is 25.3 Å². The molecule has 1 heterocycles. The Kier molecular flexibility index (Phi) is 6.03. The molecule has 0 aliphatic heterocycles. The van der Waals surface area contributed by atoms with Gasteiger partial charge in [-0.2, -0.15) is 8.78 Å². The number of aromatic nitrogens is 1. The van der Waals surface area contributed by atoms with E-state index in [4.69, 9.17) is 5.73 Å². The molecule has 0 atom stereocenters. The molecule has 0 unspecified atom stereocenters. The van der Waals surface area contributed by atoms with Crippen molar-refractivity contribution in [1.29, 1.82) is 0 Å². The summed E-state index contributed by atoms with van der Waals surface area (Å²) in [6.45, 7) is 0.790. The van der Waals surface area contributed by atoms with Crippen molar-refractivity contribution in [3.05, 3.63) is 42.5 Å². The van der Waals surface area contributed by atoms with E-state index in [1.165, 1.54) is 6.07 Å². The molecule has 32 heavy (non-hydrogen) atoms. The summed E-state index contributed by atoms with van der Waals surface area (Å²) in [5.41, 5.74) is 9.97. The van der Waals surface area contributed by atoms with Crippen LogP contribution in [0.25, 0.3) is 22.2 Å². The normalized spacial score (nSPS) is 14.8. The van der Waals surface area contributed by atoms with Crippen molar-refractivity contribution in [2.45, 2.75) is 45.8 Å². The number of halogens is 2. The average molecular weight is 464 g/mol. The van der Waals surface area contributed by atoms with Crippen LogP contribution in [0, 0.1) is 5.92 Å². The number of sulfonamides is 1. The number of benzene rings is 2. The third kappa shape index (κ3) is 4.53. The Balaban J connectivity index is 1.74. The molecule has 0 spiro atoms. The van der Waals surface area contributed by atoms with Gasteiger partial charge in [0.1, 0.15) is 5.75 Å². The Morgan fingerprint density at radius 2 is 1.84 bits per heavy atom. The molecule has 3 N–H and O–H groups in total. The molecule has 172 valence electrons. The first-order chi connectivity index (χ1) is 15.1. The van der Waals surface area contributed by atoms with Crippen LogP contribution < -0.4 is 15.2 Å². The van der Waals surface area contributed by atoms with Crippen molar-refractivity contribution in [1.82, 2.24) is 4.57 Å². The van der Waals surface area contributed by atoms with Gasteiger partial charge in [-0.05, 0) is 55.5 Å². The van der Waals surface area contributed by atoms with Gasteiger partial charge in [-0.25, -0.2) is 8.42 Å². The fraction of sp³-hybridized carbons (Fsp3) is 0.391. The number of nitrogens with one attached hydrogen (secondary N) is 1. The standard InChI is InChI=1S/C23H27F2N3O3S/c1-14(2)13-32(29,30)27-16-8-6-15(7-9-16)22-21(26)19-12-18(31-23(24)25)10-11-20(19)28(22)17-4-3-5-17/h6-12,14,17,23,27H,3-5,13,26H2,1-2H3.